The van der Waals surface area contributed by atoms with E-state index in [4.69, 9.17) is 0 Å². The summed E-state index contributed by atoms with van der Waals surface area (Å²) in [5.74, 6) is -2.96. The Morgan fingerprint density at radius 2 is 2.00 bits per heavy atom. The number of fused-ring (bicyclic) bond motifs is 1. The Balaban J connectivity index is 2.62. The van der Waals surface area contributed by atoms with Crippen LogP contribution in [0.1, 0.15) is 10.4 Å². The van der Waals surface area contributed by atoms with Crippen molar-refractivity contribution in [3.8, 4) is 5.75 Å². The van der Waals surface area contributed by atoms with Crippen molar-refractivity contribution in [2.45, 2.75) is 6.18 Å². The second kappa shape index (κ2) is 4.01. The van der Waals surface area contributed by atoms with Gasteiger partial charge in [-0.1, -0.05) is 0 Å². The number of benzene rings is 1. The number of nitrogens with one attached hydrogen (secondary N) is 1. The highest BCUT2D eigenvalue weighted by Crippen LogP contribution is 2.30. The number of carbonyl (C=O) groups is 1. The first-order chi connectivity index (χ1) is 8.34. The summed E-state index contributed by atoms with van der Waals surface area (Å²) in [5, 5.41) is -0.129. The number of alkyl halides is 3. The van der Waals surface area contributed by atoms with Gasteiger partial charge in [-0.15, -0.1) is 0 Å². The molecule has 0 saturated heterocycles. The molecule has 2 aromatic rings. The minimum Gasteiger partial charge on any atom is -0.494 e. The summed E-state index contributed by atoms with van der Waals surface area (Å²) >= 11 is 0. The van der Waals surface area contributed by atoms with Crippen molar-refractivity contribution in [2.24, 2.45) is 0 Å². The van der Waals surface area contributed by atoms with Crippen LogP contribution in [0.25, 0.3) is 10.9 Å². The number of halogens is 4. The molecule has 0 aliphatic carbocycles. The van der Waals surface area contributed by atoms with Crippen molar-refractivity contribution in [3.63, 3.8) is 0 Å². The minimum atomic E-state index is -4.99. The van der Waals surface area contributed by atoms with E-state index in [9.17, 15) is 22.4 Å². The second-order valence-corrected chi connectivity index (χ2v) is 3.56. The SMILES string of the molecule is COc1cc2[nH]cc(C(=O)C(F)(F)F)c2cc1F. The zero-order chi connectivity index (χ0) is 13.5. The van der Waals surface area contributed by atoms with E-state index < -0.39 is 23.3 Å². The molecule has 3 nitrogen and oxygen atoms in total. The number of ether oxygens (including phenoxy) is 1. The van der Waals surface area contributed by atoms with E-state index in [-0.39, 0.29) is 16.7 Å². The highest BCUT2D eigenvalue weighted by atomic mass is 19.4. The summed E-state index contributed by atoms with van der Waals surface area (Å²) < 4.78 is 55.0. The predicted molar refractivity (Wildman–Crippen MR) is 55.2 cm³/mol. The average molecular weight is 261 g/mol. The molecular formula is C11H7F4NO2. The first-order valence-corrected chi connectivity index (χ1v) is 4.80. The summed E-state index contributed by atoms with van der Waals surface area (Å²) in [6, 6.07) is 2.03. The fourth-order valence-electron chi connectivity index (χ4n) is 1.62. The third kappa shape index (κ3) is 1.92. The molecule has 0 fully saturated rings. The van der Waals surface area contributed by atoms with Crippen LogP contribution in [0.5, 0.6) is 5.75 Å². The van der Waals surface area contributed by atoms with Gasteiger partial charge in [0, 0.05) is 17.6 Å². The standard InChI is InChI=1S/C11H7F4NO2/c1-18-9-3-8-5(2-7(9)12)6(4-16-8)10(17)11(13,14)15/h2-4,16H,1H3. The zero-order valence-corrected chi connectivity index (χ0v) is 9.06. The Kier molecular flexibility index (Phi) is 2.76. The van der Waals surface area contributed by atoms with Crippen LogP contribution in [0.15, 0.2) is 18.3 Å². The van der Waals surface area contributed by atoms with E-state index in [0.717, 1.165) is 12.3 Å². The molecule has 18 heavy (non-hydrogen) atoms. The fourth-order valence-corrected chi connectivity index (χ4v) is 1.62. The molecule has 7 heteroatoms. The largest absolute Gasteiger partial charge is 0.494 e. The van der Waals surface area contributed by atoms with Gasteiger partial charge in [0.1, 0.15) is 0 Å². The zero-order valence-electron chi connectivity index (χ0n) is 9.06. The van der Waals surface area contributed by atoms with Crippen LogP contribution in [0.4, 0.5) is 17.6 Å². The van der Waals surface area contributed by atoms with E-state index in [1.165, 1.54) is 13.2 Å². The van der Waals surface area contributed by atoms with E-state index in [1.54, 1.807) is 0 Å². The van der Waals surface area contributed by atoms with Gasteiger partial charge in [0.25, 0.3) is 5.78 Å². The lowest BCUT2D eigenvalue weighted by Crippen LogP contribution is -2.22. The number of rotatable bonds is 2. The number of hydrogen-bond donors (Lipinski definition) is 1. The molecule has 1 aromatic heterocycles. The molecule has 0 saturated carbocycles. The molecule has 0 radical (unpaired) electrons. The number of hydrogen-bond acceptors (Lipinski definition) is 2. The summed E-state index contributed by atoms with van der Waals surface area (Å²) in [5.41, 5.74) is -0.417. The van der Waals surface area contributed by atoms with Crippen molar-refractivity contribution in [3.05, 3.63) is 29.7 Å². The summed E-state index contributed by atoms with van der Waals surface area (Å²) in [7, 11) is 1.23. The molecule has 2 rings (SSSR count). The van der Waals surface area contributed by atoms with Crippen LogP contribution >= 0.6 is 0 Å². The number of carbonyl (C=O) groups excluding carboxylic acids is 1. The number of aromatic amines is 1. The Morgan fingerprint density at radius 3 is 2.56 bits per heavy atom. The van der Waals surface area contributed by atoms with E-state index in [2.05, 4.69) is 9.72 Å². The quantitative estimate of drug-likeness (QED) is 0.666. The molecule has 0 amide bonds. The number of methoxy groups -OCH3 is 1. The van der Waals surface area contributed by atoms with E-state index in [0.29, 0.717) is 0 Å². The van der Waals surface area contributed by atoms with Crippen LogP contribution in [0.3, 0.4) is 0 Å². The van der Waals surface area contributed by atoms with Gasteiger partial charge < -0.3 is 9.72 Å². The van der Waals surface area contributed by atoms with Gasteiger partial charge in [-0.2, -0.15) is 13.2 Å². The third-order valence-corrected chi connectivity index (χ3v) is 2.46. The Morgan fingerprint density at radius 1 is 1.33 bits per heavy atom. The summed E-state index contributed by atoms with van der Waals surface area (Å²) in [6.45, 7) is 0. The Labute approximate surface area is 98.4 Å². The van der Waals surface area contributed by atoms with E-state index >= 15 is 0 Å². The van der Waals surface area contributed by atoms with Gasteiger partial charge in [-0.05, 0) is 6.07 Å². The van der Waals surface area contributed by atoms with Crippen molar-refractivity contribution in [1.29, 1.82) is 0 Å². The smallest absolute Gasteiger partial charge is 0.454 e. The molecular weight excluding hydrogens is 254 g/mol. The first-order valence-electron chi connectivity index (χ1n) is 4.80. The maximum Gasteiger partial charge on any atom is 0.454 e. The highest BCUT2D eigenvalue weighted by molar-refractivity contribution is 6.10. The van der Waals surface area contributed by atoms with Crippen LogP contribution in [0.2, 0.25) is 0 Å². The average Bonchev–Trinajstić information content (AvgIpc) is 2.68. The first kappa shape index (κ1) is 12.4. The van der Waals surface area contributed by atoms with Crippen molar-refractivity contribution in [1.82, 2.24) is 4.98 Å². The molecule has 0 unspecified atom stereocenters. The minimum absolute atomic E-state index is 0.115. The highest BCUT2D eigenvalue weighted by Gasteiger charge is 2.40. The fraction of sp³-hybridized carbons (Fsp3) is 0.182. The summed E-state index contributed by atoms with van der Waals surface area (Å²) in [4.78, 5) is 13.6. The van der Waals surface area contributed by atoms with Crippen LogP contribution in [0, 0.1) is 5.82 Å². The number of aromatic nitrogens is 1. The number of Topliss-reactive ketones (excluding diaryl/α,β-unsaturated/α-hetero) is 1. The van der Waals surface area contributed by atoms with Gasteiger partial charge in [-0.3, -0.25) is 4.79 Å². The monoisotopic (exact) mass is 261 g/mol. The Hall–Kier alpha value is -2.05. The number of H-pyrrole nitrogens is 1. The molecule has 1 N–H and O–H groups in total. The molecule has 0 aliphatic rings. The van der Waals surface area contributed by atoms with Crippen LogP contribution in [-0.2, 0) is 0 Å². The lowest BCUT2D eigenvalue weighted by atomic mass is 10.1. The summed E-state index contributed by atoms with van der Waals surface area (Å²) in [6.07, 6.45) is -4.09. The van der Waals surface area contributed by atoms with Crippen molar-refractivity contribution in [2.75, 3.05) is 7.11 Å². The maximum atomic E-state index is 13.4. The van der Waals surface area contributed by atoms with Gasteiger partial charge in [0.15, 0.2) is 11.6 Å². The van der Waals surface area contributed by atoms with Gasteiger partial charge in [0.05, 0.1) is 18.2 Å². The second-order valence-electron chi connectivity index (χ2n) is 3.56. The van der Waals surface area contributed by atoms with Crippen LogP contribution in [-0.4, -0.2) is 24.1 Å². The Bertz CT molecular complexity index is 615. The molecule has 0 spiro atoms. The van der Waals surface area contributed by atoms with Crippen LogP contribution < -0.4 is 4.74 Å². The molecule has 1 heterocycles. The topological polar surface area (TPSA) is 42.1 Å². The molecule has 96 valence electrons. The molecule has 1 aromatic carbocycles. The van der Waals surface area contributed by atoms with Gasteiger partial charge >= 0.3 is 6.18 Å². The molecule has 0 aliphatic heterocycles. The van der Waals surface area contributed by atoms with E-state index in [1.807, 2.05) is 0 Å². The number of ketones is 1. The van der Waals surface area contributed by atoms with Gasteiger partial charge in [0.2, 0.25) is 0 Å². The maximum absolute atomic E-state index is 13.4. The lowest BCUT2D eigenvalue weighted by molar-refractivity contribution is -0.0884. The lowest BCUT2D eigenvalue weighted by Gasteiger charge is -2.05. The normalized spacial score (nSPS) is 11.8. The third-order valence-electron chi connectivity index (χ3n) is 2.46. The van der Waals surface area contributed by atoms with Crippen molar-refractivity contribution >= 4 is 16.7 Å². The predicted octanol–water partition coefficient (Wildman–Crippen LogP) is 3.06. The molecule has 0 atom stereocenters. The molecule has 0 bridgehead atoms. The van der Waals surface area contributed by atoms with Crippen molar-refractivity contribution < 1.29 is 27.1 Å². The van der Waals surface area contributed by atoms with Gasteiger partial charge in [-0.25, -0.2) is 4.39 Å².